The average Bonchev–Trinajstić information content (AvgIpc) is 3.19. The van der Waals surface area contributed by atoms with Crippen molar-refractivity contribution in [2.24, 2.45) is 0 Å². The molecule has 0 saturated carbocycles. The van der Waals surface area contributed by atoms with E-state index in [0.29, 0.717) is 39.6 Å². The van der Waals surface area contributed by atoms with Crippen LogP contribution < -0.4 is 0 Å². The van der Waals surface area contributed by atoms with Crippen LogP contribution in [-0.2, 0) is 0 Å². The fourth-order valence-electron chi connectivity index (χ4n) is 1.78. The lowest BCUT2D eigenvalue weighted by atomic mass is 10.1. The number of hydrogen-bond donors (Lipinski definition) is 0. The summed E-state index contributed by atoms with van der Waals surface area (Å²) >= 11 is 7.13. The molecule has 3 aromatic rings. The van der Waals surface area contributed by atoms with Crippen molar-refractivity contribution in [1.29, 1.82) is 0 Å². The van der Waals surface area contributed by atoms with E-state index < -0.39 is 0 Å². The highest BCUT2D eigenvalue weighted by atomic mass is 35.5. The molecule has 0 saturated heterocycles. The number of carbonyl (C=O) groups excluding carboxylic acids is 1. The Morgan fingerprint density at radius 1 is 1.18 bits per heavy atom. The molecule has 0 aliphatic carbocycles. The zero-order valence-corrected chi connectivity index (χ0v) is 12.9. The number of halogens is 1. The quantitative estimate of drug-likeness (QED) is 0.493. The standard InChI is InChI=1S/C15H11ClN2O3S/c16-11-5-3-10(4-6-11)12(19)7-9-22-15-18-17-14(21-15)13-2-1-8-20-13/h1-6,8H,7,9H2. The minimum Gasteiger partial charge on any atom is -0.459 e. The molecule has 7 heteroatoms. The summed E-state index contributed by atoms with van der Waals surface area (Å²) in [5.74, 6) is 1.46. The summed E-state index contributed by atoms with van der Waals surface area (Å²) in [5.41, 5.74) is 0.645. The maximum Gasteiger partial charge on any atom is 0.284 e. The van der Waals surface area contributed by atoms with Crippen LogP contribution in [0.2, 0.25) is 5.02 Å². The van der Waals surface area contributed by atoms with Gasteiger partial charge < -0.3 is 8.83 Å². The third-order valence-corrected chi connectivity index (χ3v) is 3.93. The van der Waals surface area contributed by atoms with Crippen molar-refractivity contribution < 1.29 is 13.6 Å². The lowest BCUT2D eigenvalue weighted by Crippen LogP contribution is -2.00. The van der Waals surface area contributed by atoms with Gasteiger partial charge in [-0.3, -0.25) is 4.79 Å². The zero-order chi connectivity index (χ0) is 15.4. The van der Waals surface area contributed by atoms with Gasteiger partial charge in [0.2, 0.25) is 0 Å². The van der Waals surface area contributed by atoms with Crippen LogP contribution in [0.15, 0.2) is 56.7 Å². The van der Waals surface area contributed by atoms with Gasteiger partial charge in [0.1, 0.15) is 0 Å². The largest absolute Gasteiger partial charge is 0.459 e. The summed E-state index contributed by atoms with van der Waals surface area (Å²) in [6.45, 7) is 0. The van der Waals surface area contributed by atoms with E-state index in [1.165, 1.54) is 18.0 Å². The van der Waals surface area contributed by atoms with E-state index >= 15 is 0 Å². The summed E-state index contributed by atoms with van der Waals surface area (Å²) in [6.07, 6.45) is 1.92. The van der Waals surface area contributed by atoms with Crippen LogP contribution in [0, 0.1) is 0 Å². The average molecular weight is 335 g/mol. The predicted octanol–water partition coefficient (Wildman–Crippen LogP) is 4.35. The second-order valence-electron chi connectivity index (χ2n) is 4.38. The second kappa shape index (κ2) is 6.81. The molecule has 0 aliphatic rings. The van der Waals surface area contributed by atoms with Crippen molar-refractivity contribution >= 4 is 29.1 Å². The van der Waals surface area contributed by atoms with E-state index in [9.17, 15) is 4.79 Å². The molecule has 0 amide bonds. The molecule has 2 aromatic heterocycles. The van der Waals surface area contributed by atoms with Crippen LogP contribution in [-0.4, -0.2) is 21.7 Å². The molecule has 0 radical (unpaired) electrons. The summed E-state index contributed by atoms with van der Waals surface area (Å²) in [5, 5.41) is 8.83. The molecular weight excluding hydrogens is 324 g/mol. The van der Waals surface area contributed by atoms with Crippen molar-refractivity contribution in [1.82, 2.24) is 10.2 Å². The van der Waals surface area contributed by atoms with Gasteiger partial charge in [-0.05, 0) is 36.4 Å². The topological polar surface area (TPSA) is 69.1 Å². The summed E-state index contributed by atoms with van der Waals surface area (Å²) in [6, 6.07) is 10.3. The smallest absolute Gasteiger partial charge is 0.284 e. The van der Waals surface area contributed by atoms with Crippen molar-refractivity contribution in [2.45, 2.75) is 11.6 Å². The van der Waals surface area contributed by atoms with Gasteiger partial charge in [0.05, 0.1) is 6.26 Å². The molecule has 2 heterocycles. The van der Waals surface area contributed by atoms with E-state index in [1.54, 1.807) is 36.4 Å². The lowest BCUT2D eigenvalue weighted by molar-refractivity contribution is 0.0989. The molecule has 0 atom stereocenters. The second-order valence-corrected chi connectivity index (χ2v) is 5.86. The van der Waals surface area contributed by atoms with Crippen LogP contribution in [0.5, 0.6) is 0 Å². The molecule has 112 valence electrons. The molecule has 3 rings (SSSR count). The van der Waals surface area contributed by atoms with Gasteiger partial charge in [0.25, 0.3) is 11.1 Å². The Kier molecular flexibility index (Phi) is 4.60. The zero-order valence-electron chi connectivity index (χ0n) is 11.4. The van der Waals surface area contributed by atoms with Crippen molar-refractivity contribution in [3.63, 3.8) is 0 Å². The van der Waals surface area contributed by atoms with Gasteiger partial charge in [0, 0.05) is 22.8 Å². The molecule has 5 nitrogen and oxygen atoms in total. The fourth-order valence-corrected chi connectivity index (χ4v) is 2.60. The number of ketones is 1. The van der Waals surface area contributed by atoms with Gasteiger partial charge in [-0.25, -0.2) is 0 Å². The van der Waals surface area contributed by atoms with Gasteiger partial charge in [-0.2, -0.15) is 0 Å². The molecule has 0 bridgehead atoms. The Bertz CT molecular complexity index is 753. The number of hydrogen-bond acceptors (Lipinski definition) is 6. The Hall–Kier alpha value is -2.05. The first-order chi connectivity index (χ1) is 10.7. The minimum atomic E-state index is 0.0509. The monoisotopic (exact) mass is 334 g/mol. The van der Waals surface area contributed by atoms with E-state index in [-0.39, 0.29) is 5.78 Å². The first-order valence-electron chi connectivity index (χ1n) is 6.51. The Labute approximate surface area is 135 Å². The highest BCUT2D eigenvalue weighted by Gasteiger charge is 2.12. The molecule has 0 spiro atoms. The number of Topliss-reactive ketones (excluding diaryl/α,β-unsaturated/α-hetero) is 1. The first kappa shape index (κ1) is 14.9. The van der Waals surface area contributed by atoms with Gasteiger partial charge in [-0.15, -0.1) is 10.2 Å². The number of aromatic nitrogens is 2. The highest BCUT2D eigenvalue weighted by Crippen LogP contribution is 2.24. The molecule has 0 aliphatic heterocycles. The Morgan fingerprint density at radius 2 is 2.00 bits per heavy atom. The van der Waals surface area contributed by atoms with Crippen molar-refractivity contribution in [3.05, 3.63) is 53.2 Å². The third-order valence-electron chi connectivity index (χ3n) is 2.86. The van der Waals surface area contributed by atoms with Gasteiger partial charge in [0.15, 0.2) is 11.5 Å². The van der Waals surface area contributed by atoms with E-state index in [2.05, 4.69) is 10.2 Å². The summed E-state index contributed by atoms with van der Waals surface area (Å²) in [7, 11) is 0. The molecule has 1 aromatic carbocycles. The normalized spacial score (nSPS) is 10.8. The number of thioether (sulfide) groups is 1. The Morgan fingerprint density at radius 3 is 2.73 bits per heavy atom. The highest BCUT2D eigenvalue weighted by molar-refractivity contribution is 7.99. The maximum absolute atomic E-state index is 12.0. The SMILES string of the molecule is O=C(CCSc1nnc(-c2ccco2)o1)c1ccc(Cl)cc1. The molecule has 0 fully saturated rings. The first-order valence-corrected chi connectivity index (χ1v) is 7.88. The van der Waals surface area contributed by atoms with Crippen LogP contribution >= 0.6 is 23.4 Å². The number of rotatable bonds is 6. The fraction of sp³-hybridized carbons (Fsp3) is 0.133. The summed E-state index contributed by atoms with van der Waals surface area (Å²) < 4.78 is 10.6. The number of furan rings is 1. The molecule has 0 N–H and O–H groups in total. The minimum absolute atomic E-state index is 0.0509. The van der Waals surface area contributed by atoms with Gasteiger partial charge in [-0.1, -0.05) is 23.4 Å². The van der Waals surface area contributed by atoms with E-state index in [0.717, 1.165) is 0 Å². The van der Waals surface area contributed by atoms with Crippen molar-refractivity contribution in [2.75, 3.05) is 5.75 Å². The Balaban J connectivity index is 1.53. The van der Waals surface area contributed by atoms with Crippen LogP contribution in [0.25, 0.3) is 11.7 Å². The molecule has 0 unspecified atom stereocenters. The van der Waals surface area contributed by atoms with E-state index in [1.807, 2.05) is 0 Å². The molecule has 22 heavy (non-hydrogen) atoms. The number of benzene rings is 1. The number of nitrogens with zero attached hydrogens (tertiary/aromatic N) is 2. The van der Waals surface area contributed by atoms with E-state index in [4.69, 9.17) is 20.4 Å². The lowest BCUT2D eigenvalue weighted by Gasteiger charge is -1.99. The number of carbonyl (C=O) groups is 1. The maximum atomic E-state index is 12.0. The van der Waals surface area contributed by atoms with Crippen LogP contribution in [0.3, 0.4) is 0 Å². The third kappa shape index (κ3) is 3.58. The molecular formula is C15H11ClN2O3S. The van der Waals surface area contributed by atoms with Crippen LogP contribution in [0.1, 0.15) is 16.8 Å². The van der Waals surface area contributed by atoms with Crippen LogP contribution in [0.4, 0.5) is 0 Å². The van der Waals surface area contributed by atoms with Gasteiger partial charge >= 0.3 is 0 Å². The van der Waals surface area contributed by atoms with Crippen molar-refractivity contribution in [3.8, 4) is 11.7 Å². The predicted molar refractivity (Wildman–Crippen MR) is 83.1 cm³/mol. The summed E-state index contributed by atoms with van der Waals surface area (Å²) in [4.78, 5) is 12.0.